The number of hydrogen-bond acceptors (Lipinski definition) is 2. The van der Waals surface area contributed by atoms with Crippen LogP contribution in [0, 0.1) is 16.7 Å². The second-order valence-corrected chi connectivity index (χ2v) is 8.65. The molecule has 1 aliphatic carbocycles. The lowest BCUT2D eigenvalue weighted by atomic mass is 9.63. The van der Waals surface area contributed by atoms with E-state index in [0.717, 1.165) is 13.0 Å². The van der Waals surface area contributed by atoms with Crippen LogP contribution in [0.1, 0.15) is 66.2 Å². The third kappa shape index (κ3) is 4.21. The van der Waals surface area contributed by atoms with Crippen molar-refractivity contribution in [3.8, 4) is 0 Å². The van der Waals surface area contributed by atoms with Crippen LogP contribution in [0.15, 0.2) is 0 Å². The minimum absolute atomic E-state index is 0.333. The quantitative estimate of drug-likeness (QED) is 0.852. The van der Waals surface area contributed by atoms with Gasteiger partial charge in [0.05, 0.1) is 0 Å². The first-order valence-corrected chi connectivity index (χ1v) is 8.13. The van der Waals surface area contributed by atoms with Crippen molar-refractivity contribution in [3.63, 3.8) is 0 Å². The molecule has 2 rings (SSSR count). The monoisotopic (exact) mass is 281 g/mol. The standard InChI is InChI=1S/C17H31NO2/c1-16(2)9-14(10-17(3,4)12-16)18-8-7-13(11-18)5-6-15(19)20/h13-14H,5-12H2,1-4H3,(H,19,20). The minimum Gasteiger partial charge on any atom is -0.481 e. The number of likely N-dealkylation sites (tertiary alicyclic amines) is 1. The Kier molecular flexibility index (Phi) is 4.48. The van der Waals surface area contributed by atoms with E-state index in [1.165, 1.54) is 32.2 Å². The lowest BCUT2D eigenvalue weighted by Crippen LogP contribution is -2.45. The molecule has 0 spiro atoms. The van der Waals surface area contributed by atoms with Gasteiger partial charge in [-0.1, -0.05) is 27.7 Å². The highest BCUT2D eigenvalue weighted by molar-refractivity contribution is 5.66. The molecular formula is C17H31NO2. The largest absolute Gasteiger partial charge is 0.481 e. The second-order valence-electron chi connectivity index (χ2n) is 8.65. The fraction of sp³-hybridized carbons (Fsp3) is 0.941. The van der Waals surface area contributed by atoms with Crippen LogP contribution in [0.4, 0.5) is 0 Å². The van der Waals surface area contributed by atoms with E-state index in [-0.39, 0.29) is 0 Å². The SMILES string of the molecule is CC1(C)CC(N2CCC(CCC(=O)O)C2)CC(C)(C)C1. The predicted octanol–water partition coefficient (Wildman–Crippen LogP) is 3.78. The van der Waals surface area contributed by atoms with Crippen molar-refractivity contribution in [3.05, 3.63) is 0 Å². The highest BCUT2D eigenvalue weighted by Gasteiger charge is 2.41. The summed E-state index contributed by atoms with van der Waals surface area (Å²) in [7, 11) is 0. The Morgan fingerprint density at radius 1 is 1.20 bits per heavy atom. The molecule has 0 aromatic heterocycles. The second kappa shape index (κ2) is 5.67. The number of rotatable bonds is 4. The molecule has 20 heavy (non-hydrogen) atoms. The third-order valence-electron chi connectivity index (χ3n) is 5.13. The van der Waals surface area contributed by atoms with Gasteiger partial charge in [0.15, 0.2) is 0 Å². The van der Waals surface area contributed by atoms with Crippen molar-refractivity contribution in [1.29, 1.82) is 0 Å². The van der Waals surface area contributed by atoms with E-state index in [1.54, 1.807) is 0 Å². The van der Waals surface area contributed by atoms with Gasteiger partial charge in [-0.05, 0) is 55.4 Å². The lowest BCUT2D eigenvalue weighted by molar-refractivity contribution is -0.137. The van der Waals surface area contributed by atoms with Gasteiger partial charge in [-0.25, -0.2) is 0 Å². The molecule has 0 aromatic rings. The van der Waals surface area contributed by atoms with Gasteiger partial charge in [-0.15, -0.1) is 0 Å². The average molecular weight is 281 g/mol. The van der Waals surface area contributed by atoms with Crippen molar-refractivity contribution >= 4 is 5.97 Å². The molecular weight excluding hydrogens is 250 g/mol. The molecule has 1 saturated carbocycles. The molecule has 1 N–H and O–H groups in total. The zero-order valence-electron chi connectivity index (χ0n) is 13.6. The van der Waals surface area contributed by atoms with E-state index in [0.29, 0.717) is 29.2 Å². The summed E-state index contributed by atoms with van der Waals surface area (Å²) in [6.45, 7) is 11.9. The van der Waals surface area contributed by atoms with Crippen LogP contribution >= 0.6 is 0 Å². The van der Waals surface area contributed by atoms with Gasteiger partial charge >= 0.3 is 5.97 Å². The fourth-order valence-corrected chi connectivity index (χ4v) is 4.80. The maximum atomic E-state index is 10.7. The summed E-state index contributed by atoms with van der Waals surface area (Å²) >= 11 is 0. The smallest absolute Gasteiger partial charge is 0.303 e. The molecule has 1 saturated heterocycles. The zero-order chi connectivity index (χ0) is 15.0. The Morgan fingerprint density at radius 3 is 2.35 bits per heavy atom. The molecule has 0 amide bonds. The van der Waals surface area contributed by atoms with Crippen LogP contribution in [0.25, 0.3) is 0 Å². The van der Waals surface area contributed by atoms with Crippen LogP contribution in [-0.2, 0) is 4.79 Å². The summed E-state index contributed by atoms with van der Waals surface area (Å²) < 4.78 is 0. The molecule has 1 aliphatic heterocycles. The Bertz CT molecular complexity index is 346. The van der Waals surface area contributed by atoms with Crippen molar-refractivity contribution < 1.29 is 9.90 Å². The summed E-state index contributed by atoms with van der Waals surface area (Å²) in [5.74, 6) is -0.0531. The lowest BCUT2D eigenvalue weighted by Gasteiger charge is -2.48. The number of carbonyl (C=O) groups is 1. The first kappa shape index (κ1) is 15.8. The van der Waals surface area contributed by atoms with Gasteiger partial charge in [0.25, 0.3) is 0 Å². The molecule has 0 bridgehead atoms. The molecule has 1 heterocycles. The van der Waals surface area contributed by atoms with Gasteiger partial charge in [-0.2, -0.15) is 0 Å². The Labute approximate surface area is 123 Å². The normalized spacial score (nSPS) is 30.5. The Hall–Kier alpha value is -0.570. The summed E-state index contributed by atoms with van der Waals surface area (Å²) in [5.41, 5.74) is 0.872. The summed E-state index contributed by atoms with van der Waals surface area (Å²) in [6, 6.07) is 0.698. The van der Waals surface area contributed by atoms with Gasteiger partial charge in [0.2, 0.25) is 0 Å². The minimum atomic E-state index is -0.650. The summed E-state index contributed by atoms with van der Waals surface area (Å²) in [4.78, 5) is 13.3. The highest BCUT2D eigenvalue weighted by Crippen LogP contribution is 2.47. The van der Waals surface area contributed by atoms with E-state index in [4.69, 9.17) is 5.11 Å². The number of nitrogens with zero attached hydrogens (tertiary/aromatic N) is 1. The predicted molar refractivity (Wildman–Crippen MR) is 81.8 cm³/mol. The zero-order valence-corrected chi connectivity index (χ0v) is 13.6. The number of carboxylic acids is 1. The summed E-state index contributed by atoms with van der Waals surface area (Å²) in [6.07, 6.45) is 6.27. The topological polar surface area (TPSA) is 40.5 Å². The molecule has 3 nitrogen and oxygen atoms in total. The van der Waals surface area contributed by atoms with Crippen LogP contribution in [0.3, 0.4) is 0 Å². The van der Waals surface area contributed by atoms with Gasteiger partial charge in [0, 0.05) is 19.0 Å². The molecule has 0 radical (unpaired) electrons. The highest BCUT2D eigenvalue weighted by atomic mass is 16.4. The van der Waals surface area contributed by atoms with Crippen LogP contribution in [0.2, 0.25) is 0 Å². The number of aliphatic carboxylic acids is 1. The van der Waals surface area contributed by atoms with E-state index in [1.807, 2.05) is 0 Å². The van der Waals surface area contributed by atoms with Gasteiger partial charge < -0.3 is 10.0 Å². The van der Waals surface area contributed by atoms with E-state index in [2.05, 4.69) is 32.6 Å². The van der Waals surface area contributed by atoms with Crippen LogP contribution in [0.5, 0.6) is 0 Å². The molecule has 2 fully saturated rings. The van der Waals surface area contributed by atoms with Crippen LogP contribution < -0.4 is 0 Å². The third-order valence-corrected chi connectivity index (χ3v) is 5.13. The molecule has 3 heteroatoms. The molecule has 1 atom stereocenters. The fourth-order valence-electron chi connectivity index (χ4n) is 4.80. The van der Waals surface area contributed by atoms with Gasteiger partial charge in [-0.3, -0.25) is 4.79 Å². The van der Waals surface area contributed by atoms with Crippen molar-refractivity contribution in [2.24, 2.45) is 16.7 Å². The molecule has 1 unspecified atom stereocenters. The van der Waals surface area contributed by atoms with E-state index in [9.17, 15) is 4.79 Å². The molecule has 116 valence electrons. The summed E-state index contributed by atoms with van der Waals surface area (Å²) in [5, 5.41) is 8.81. The number of hydrogen-bond donors (Lipinski definition) is 1. The first-order chi connectivity index (χ1) is 9.17. The molecule has 0 aromatic carbocycles. The molecule has 2 aliphatic rings. The van der Waals surface area contributed by atoms with E-state index >= 15 is 0 Å². The Morgan fingerprint density at radius 2 is 1.80 bits per heavy atom. The van der Waals surface area contributed by atoms with Gasteiger partial charge in [0.1, 0.15) is 0 Å². The number of carboxylic acid groups (broad SMARTS) is 1. The maximum Gasteiger partial charge on any atom is 0.303 e. The maximum absolute atomic E-state index is 10.7. The van der Waals surface area contributed by atoms with Crippen molar-refractivity contribution in [1.82, 2.24) is 4.90 Å². The van der Waals surface area contributed by atoms with Crippen molar-refractivity contribution in [2.75, 3.05) is 13.1 Å². The average Bonchev–Trinajstić information content (AvgIpc) is 2.70. The first-order valence-electron chi connectivity index (χ1n) is 8.13. The Balaban J connectivity index is 1.90. The van der Waals surface area contributed by atoms with E-state index < -0.39 is 5.97 Å². The van der Waals surface area contributed by atoms with Crippen molar-refractivity contribution in [2.45, 2.75) is 72.3 Å². The van der Waals surface area contributed by atoms with Crippen LogP contribution in [-0.4, -0.2) is 35.1 Å².